The maximum absolute atomic E-state index is 12.9. The lowest BCUT2D eigenvalue weighted by atomic mass is 10.1. The maximum atomic E-state index is 12.9. The number of nitrogens with zero attached hydrogens (tertiary/aromatic N) is 3. The quantitative estimate of drug-likeness (QED) is 0.209. The second-order valence-electron chi connectivity index (χ2n) is 7.62. The Morgan fingerprint density at radius 3 is 2.42 bits per heavy atom. The molecule has 0 aliphatic heterocycles. The van der Waals surface area contributed by atoms with Crippen LogP contribution < -0.4 is 30.8 Å². The van der Waals surface area contributed by atoms with Gasteiger partial charge in [-0.05, 0) is 31.5 Å². The zero-order valence-corrected chi connectivity index (χ0v) is 19.3. The first-order chi connectivity index (χ1) is 16.9. The topological polar surface area (TPSA) is 154 Å². The number of rotatable bonds is 5. The van der Waals surface area contributed by atoms with Crippen LogP contribution >= 0.6 is 0 Å². The number of hydrogen-bond acceptors (Lipinski definition) is 10. The fourth-order valence-corrected chi connectivity index (χ4v) is 3.56. The summed E-state index contributed by atoms with van der Waals surface area (Å²) in [6.45, 7) is 3.28. The summed E-state index contributed by atoms with van der Waals surface area (Å²) in [5.41, 5.74) is 5.85. The summed E-state index contributed by atoms with van der Waals surface area (Å²) < 4.78 is 53.3. The van der Waals surface area contributed by atoms with E-state index in [1.165, 1.54) is 20.3 Å². The molecular formula is C22H19F3N6O5. The number of halogens is 3. The number of H-pyrrole nitrogens is 1. The molecular weight excluding hydrogens is 485 g/mol. The summed E-state index contributed by atoms with van der Waals surface area (Å²) in [6, 6.07) is 4.63. The molecule has 4 rings (SSSR count). The monoisotopic (exact) mass is 504 g/mol. The molecule has 14 heteroatoms. The highest BCUT2D eigenvalue weighted by molar-refractivity contribution is 5.95. The highest BCUT2D eigenvalue weighted by Gasteiger charge is 2.42. The molecule has 0 amide bonds. The number of aromatic amines is 1. The van der Waals surface area contributed by atoms with Crippen LogP contribution in [0.4, 0.5) is 30.8 Å². The van der Waals surface area contributed by atoms with Crippen molar-refractivity contribution in [3.05, 3.63) is 39.8 Å². The van der Waals surface area contributed by atoms with Crippen molar-refractivity contribution < 1.29 is 32.2 Å². The number of carbonyl (C=O) groups excluding carboxylic acids is 1. The Bertz CT molecular complexity index is 1590. The van der Waals surface area contributed by atoms with E-state index in [0.29, 0.717) is 33.7 Å². The number of nitrogens with two attached hydrogens (primary N) is 1. The Kier molecular flexibility index (Phi) is 6.04. The number of nitrogen functional groups attached to an aromatic ring is 1. The molecule has 0 aliphatic rings. The largest absolute Gasteiger partial charge is 0.497 e. The Morgan fingerprint density at radius 1 is 1.06 bits per heavy atom. The van der Waals surface area contributed by atoms with Crippen LogP contribution in [0.5, 0.6) is 17.2 Å². The summed E-state index contributed by atoms with van der Waals surface area (Å²) in [5.74, 6) is -2.35. The number of anilines is 3. The third-order valence-electron chi connectivity index (χ3n) is 5.20. The minimum Gasteiger partial charge on any atom is -0.497 e. The van der Waals surface area contributed by atoms with E-state index in [-0.39, 0.29) is 23.1 Å². The molecule has 4 aromatic rings. The maximum Gasteiger partial charge on any atom is 0.491 e. The minimum atomic E-state index is -5.29. The molecule has 0 atom stereocenters. The lowest BCUT2D eigenvalue weighted by Gasteiger charge is -2.14. The molecule has 4 N–H and O–H groups in total. The van der Waals surface area contributed by atoms with Crippen LogP contribution in [-0.4, -0.2) is 46.3 Å². The second-order valence-corrected chi connectivity index (χ2v) is 7.62. The van der Waals surface area contributed by atoms with Crippen LogP contribution in [0.25, 0.3) is 21.8 Å². The molecule has 0 aliphatic carbocycles. The van der Waals surface area contributed by atoms with Gasteiger partial charge in [0.2, 0.25) is 11.9 Å². The molecule has 0 unspecified atom stereocenters. The van der Waals surface area contributed by atoms with E-state index in [4.69, 9.17) is 15.2 Å². The Balaban J connectivity index is 1.81. The van der Waals surface area contributed by atoms with Crippen molar-refractivity contribution in [3.8, 4) is 17.2 Å². The van der Waals surface area contributed by atoms with Crippen molar-refractivity contribution in [2.75, 3.05) is 25.3 Å². The van der Waals surface area contributed by atoms with Gasteiger partial charge in [0.25, 0.3) is 5.56 Å². The predicted molar refractivity (Wildman–Crippen MR) is 124 cm³/mol. The molecule has 2 heterocycles. The van der Waals surface area contributed by atoms with Crippen LogP contribution in [0.3, 0.4) is 0 Å². The van der Waals surface area contributed by atoms with Gasteiger partial charge in [-0.25, -0.2) is 19.7 Å². The molecule has 0 fully saturated rings. The lowest BCUT2D eigenvalue weighted by molar-refractivity contribution is -0.189. The summed E-state index contributed by atoms with van der Waals surface area (Å²) in [4.78, 5) is 39.7. The molecule has 0 spiro atoms. The highest BCUT2D eigenvalue weighted by Crippen LogP contribution is 2.34. The van der Waals surface area contributed by atoms with Gasteiger partial charge >= 0.3 is 12.1 Å². The first kappa shape index (κ1) is 24.5. The standard InChI is InChI=1S/C22H19F3N6O5/c1-8-5-12(26)17(36-19(33)22(23,24)25)14-15(8)28-21(30-18(14)32)31-20-27-9(2)11-6-10(34-3)7-13(35-4)16(11)29-20/h5-7H,26H2,1-4H3,(H2,27,28,29,30,31,32). The van der Waals surface area contributed by atoms with Crippen molar-refractivity contribution in [3.63, 3.8) is 0 Å². The Hall–Kier alpha value is -4.62. The van der Waals surface area contributed by atoms with E-state index in [1.807, 2.05) is 0 Å². The molecule has 0 bridgehead atoms. The molecule has 0 radical (unpaired) electrons. The number of fused-ring (bicyclic) bond motifs is 2. The van der Waals surface area contributed by atoms with Gasteiger partial charge < -0.3 is 19.9 Å². The third-order valence-corrected chi connectivity index (χ3v) is 5.20. The minimum absolute atomic E-state index is 0.0414. The number of esters is 1. The van der Waals surface area contributed by atoms with Crippen LogP contribution in [0.1, 0.15) is 11.3 Å². The predicted octanol–water partition coefficient (Wildman–Crippen LogP) is 3.29. The molecule has 0 saturated heterocycles. The van der Waals surface area contributed by atoms with Gasteiger partial charge in [0.15, 0.2) is 5.75 Å². The number of ether oxygens (including phenoxy) is 3. The van der Waals surface area contributed by atoms with Gasteiger partial charge in [0.1, 0.15) is 22.4 Å². The van der Waals surface area contributed by atoms with Gasteiger partial charge in [-0.3, -0.25) is 15.1 Å². The number of carbonyl (C=O) groups is 1. The number of aryl methyl sites for hydroxylation is 2. The number of hydrogen-bond donors (Lipinski definition) is 3. The molecule has 188 valence electrons. The van der Waals surface area contributed by atoms with E-state index < -0.39 is 28.8 Å². The number of nitrogens with one attached hydrogen (secondary N) is 2. The summed E-state index contributed by atoms with van der Waals surface area (Å²) in [7, 11) is 2.98. The van der Waals surface area contributed by atoms with Crippen LogP contribution in [0, 0.1) is 13.8 Å². The summed E-state index contributed by atoms with van der Waals surface area (Å²) in [6.07, 6.45) is -5.29. The molecule has 0 saturated carbocycles. The number of alkyl halides is 3. The van der Waals surface area contributed by atoms with Crippen molar-refractivity contribution in [1.29, 1.82) is 0 Å². The van der Waals surface area contributed by atoms with E-state index in [0.717, 1.165) is 0 Å². The summed E-state index contributed by atoms with van der Waals surface area (Å²) >= 11 is 0. The smallest absolute Gasteiger partial charge is 0.491 e. The summed E-state index contributed by atoms with van der Waals surface area (Å²) in [5, 5.41) is 3.03. The second kappa shape index (κ2) is 8.87. The average Bonchev–Trinajstić information content (AvgIpc) is 2.80. The zero-order valence-electron chi connectivity index (χ0n) is 19.3. The molecule has 2 aromatic carbocycles. The normalized spacial score (nSPS) is 11.5. The SMILES string of the molecule is COc1cc(OC)c2nc(Nc3nc4c(C)cc(N)c(OC(=O)C(F)(F)F)c4c(=O)[nH]3)nc(C)c2c1. The fourth-order valence-electron chi connectivity index (χ4n) is 3.56. The van der Waals surface area contributed by atoms with Gasteiger partial charge in [-0.2, -0.15) is 13.2 Å². The Morgan fingerprint density at radius 2 is 1.78 bits per heavy atom. The van der Waals surface area contributed by atoms with Gasteiger partial charge in [0, 0.05) is 11.5 Å². The molecule has 2 aromatic heterocycles. The van der Waals surface area contributed by atoms with Gasteiger partial charge in [-0.1, -0.05) is 0 Å². The van der Waals surface area contributed by atoms with E-state index in [9.17, 15) is 22.8 Å². The van der Waals surface area contributed by atoms with Gasteiger partial charge in [-0.15, -0.1) is 0 Å². The Labute approximate surface area is 200 Å². The first-order valence-corrected chi connectivity index (χ1v) is 10.2. The van der Waals surface area contributed by atoms with Crippen molar-refractivity contribution >= 4 is 45.4 Å². The number of benzene rings is 2. The highest BCUT2D eigenvalue weighted by atomic mass is 19.4. The van der Waals surface area contributed by atoms with Crippen molar-refractivity contribution in [1.82, 2.24) is 19.9 Å². The van der Waals surface area contributed by atoms with Crippen LogP contribution in [-0.2, 0) is 4.79 Å². The average molecular weight is 504 g/mol. The van der Waals surface area contributed by atoms with E-state index in [1.54, 1.807) is 26.0 Å². The van der Waals surface area contributed by atoms with Crippen molar-refractivity contribution in [2.45, 2.75) is 20.0 Å². The van der Waals surface area contributed by atoms with Crippen molar-refractivity contribution in [2.24, 2.45) is 0 Å². The zero-order chi connectivity index (χ0) is 26.4. The fraction of sp³-hybridized carbons (Fsp3) is 0.227. The first-order valence-electron chi connectivity index (χ1n) is 10.2. The molecule has 11 nitrogen and oxygen atoms in total. The lowest BCUT2D eigenvalue weighted by Crippen LogP contribution is -2.29. The van der Waals surface area contributed by atoms with Crippen LogP contribution in [0.15, 0.2) is 23.0 Å². The molecule has 36 heavy (non-hydrogen) atoms. The third kappa shape index (κ3) is 4.39. The van der Waals surface area contributed by atoms with Crippen LogP contribution in [0.2, 0.25) is 0 Å². The number of aromatic nitrogens is 4. The van der Waals surface area contributed by atoms with Gasteiger partial charge in [0.05, 0.1) is 31.1 Å². The van der Waals surface area contributed by atoms with E-state index in [2.05, 4.69) is 30.0 Å². The number of methoxy groups -OCH3 is 2. The van der Waals surface area contributed by atoms with E-state index >= 15 is 0 Å².